The van der Waals surface area contributed by atoms with Gasteiger partial charge in [-0.1, -0.05) is 11.6 Å². The van der Waals surface area contributed by atoms with Crippen molar-refractivity contribution in [3.63, 3.8) is 0 Å². The van der Waals surface area contributed by atoms with Gasteiger partial charge in [0.25, 0.3) is 0 Å². The van der Waals surface area contributed by atoms with Crippen molar-refractivity contribution in [2.24, 2.45) is 29.6 Å². The quantitative estimate of drug-likeness (QED) is 0.617. The van der Waals surface area contributed by atoms with Gasteiger partial charge in [0.05, 0.1) is 18.3 Å². The van der Waals surface area contributed by atoms with Gasteiger partial charge in [-0.25, -0.2) is 0 Å². The molecule has 3 aliphatic carbocycles. The second kappa shape index (κ2) is 5.13. The van der Waals surface area contributed by atoms with Crippen LogP contribution in [0.2, 0.25) is 5.15 Å². The van der Waals surface area contributed by atoms with E-state index in [0.717, 1.165) is 11.8 Å². The number of carbonyl (C=O) groups excluding carboxylic acids is 1. The summed E-state index contributed by atoms with van der Waals surface area (Å²) in [7, 11) is 0. The van der Waals surface area contributed by atoms with Crippen molar-refractivity contribution in [3.05, 3.63) is 17.5 Å². The zero-order valence-electron chi connectivity index (χ0n) is 11.6. The van der Waals surface area contributed by atoms with Crippen LogP contribution < -0.4 is 4.74 Å². The minimum Gasteiger partial charge on any atom is -0.473 e. The number of aromatic nitrogens is 2. The molecule has 0 aromatic carbocycles. The van der Waals surface area contributed by atoms with E-state index < -0.39 is 0 Å². The van der Waals surface area contributed by atoms with E-state index in [1.54, 1.807) is 0 Å². The van der Waals surface area contributed by atoms with Crippen LogP contribution in [0.4, 0.5) is 0 Å². The molecule has 21 heavy (non-hydrogen) atoms. The minimum atomic E-state index is -0.0395. The highest BCUT2D eigenvalue weighted by Crippen LogP contribution is 2.69. The summed E-state index contributed by atoms with van der Waals surface area (Å²) in [5.41, 5.74) is 0. The summed E-state index contributed by atoms with van der Waals surface area (Å²) in [6, 6.07) is 0. The van der Waals surface area contributed by atoms with Crippen molar-refractivity contribution in [1.82, 2.24) is 9.97 Å². The lowest BCUT2D eigenvalue weighted by atomic mass is 10.0. The van der Waals surface area contributed by atoms with Crippen molar-refractivity contribution in [2.45, 2.75) is 19.3 Å². The Labute approximate surface area is 128 Å². The van der Waals surface area contributed by atoms with Crippen molar-refractivity contribution in [2.75, 3.05) is 13.2 Å². The maximum absolute atomic E-state index is 12.1. The normalized spacial score (nSPS) is 35.4. The molecule has 3 aliphatic rings. The van der Waals surface area contributed by atoms with Gasteiger partial charge in [0.15, 0.2) is 5.15 Å². The van der Waals surface area contributed by atoms with Crippen LogP contribution in [0.1, 0.15) is 19.3 Å². The van der Waals surface area contributed by atoms with Crippen molar-refractivity contribution in [3.8, 4) is 5.88 Å². The molecule has 1 aromatic rings. The zero-order valence-corrected chi connectivity index (χ0v) is 12.3. The average molecular weight is 309 g/mol. The number of esters is 1. The molecular weight excluding hydrogens is 292 g/mol. The summed E-state index contributed by atoms with van der Waals surface area (Å²) in [4.78, 5) is 19.9. The summed E-state index contributed by atoms with van der Waals surface area (Å²) in [6.07, 6.45) is 6.89. The second-order valence-corrected chi connectivity index (χ2v) is 6.60. The van der Waals surface area contributed by atoms with Gasteiger partial charge in [-0.2, -0.15) is 4.98 Å². The molecule has 3 fully saturated rings. The topological polar surface area (TPSA) is 61.3 Å². The van der Waals surface area contributed by atoms with E-state index in [-0.39, 0.29) is 30.3 Å². The van der Waals surface area contributed by atoms with Gasteiger partial charge in [-0.3, -0.25) is 9.78 Å². The fraction of sp³-hybridized carbons (Fsp3) is 0.667. The molecule has 0 N–H and O–H groups in total. The molecule has 1 unspecified atom stereocenters. The Morgan fingerprint density at radius 1 is 1.24 bits per heavy atom. The number of ether oxygens (including phenoxy) is 2. The van der Waals surface area contributed by atoms with E-state index in [1.165, 1.54) is 31.7 Å². The maximum atomic E-state index is 12.1. The minimum absolute atomic E-state index is 0.0395. The molecule has 0 saturated heterocycles. The highest BCUT2D eigenvalue weighted by Gasteiger charge is 2.68. The van der Waals surface area contributed by atoms with Crippen LogP contribution in [-0.2, 0) is 9.53 Å². The van der Waals surface area contributed by atoms with E-state index in [0.29, 0.717) is 17.7 Å². The first kappa shape index (κ1) is 13.3. The number of halogens is 1. The lowest BCUT2D eigenvalue weighted by Crippen LogP contribution is -2.17. The SMILES string of the molecule is O=C(OCCOc1cncc(Cl)n1)C1[C@@H]2[C@H]3CC[C@@H](C3)[C@H]12. The Hall–Kier alpha value is -1.36. The number of rotatable bonds is 5. The van der Waals surface area contributed by atoms with Gasteiger partial charge >= 0.3 is 5.97 Å². The molecule has 112 valence electrons. The largest absolute Gasteiger partial charge is 0.473 e. The maximum Gasteiger partial charge on any atom is 0.309 e. The third-order valence-corrected chi connectivity index (χ3v) is 5.35. The van der Waals surface area contributed by atoms with Crippen molar-refractivity contribution < 1.29 is 14.3 Å². The zero-order chi connectivity index (χ0) is 14.4. The van der Waals surface area contributed by atoms with Gasteiger partial charge < -0.3 is 9.47 Å². The first-order valence-electron chi connectivity index (χ1n) is 7.51. The number of nitrogens with zero attached hydrogens (tertiary/aromatic N) is 2. The third kappa shape index (κ3) is 2.37. The van der Waals surface area contributed by atoms with Gasteiger partial charge in [-0.05, 0) is 42.9 Å². The van der Waals surface area contributed by atoms with E-state index in [2.05, 4.69) is 9.97 Å². The number of hydrogen-bond donors (Lipinski definition) is 0. The summed E-state index contributed by atoms with van der Waals surface area (Å²) in [5.74, 6) is 3.29. The summed E-state index contributed by atoms with van der Waals surface area (Å²) < 4.78 is 10.7. The van der Waals surface area contributed by atoms with Crippen molar-refractivity contribution in [1.29, 1.82) is 0 Å². The summed E-state index contributed by atoms with van der Waals surface area (Å²) in [6.45, 7) is 0.522. The standard InChI is InChI=1S/C15H17ClN2O3/c16-10-6-17-7-11(18-10)20-3-4-21-15(19)14-12-8-1-2-9(5-8)13(12)14/h6-9,12-14H,1-5H2/t8-,9-,12-,13+,14?/m0/s1. The van der Waals surface area contributed by atoms with E-state index in [4.69, 9.17) is 21.1 Å². The fourth-order valence-electron chi connectivity index (χ4n) is 4.42. The first-order chi connectivity index (χ1) is 10.2. The average Bonchev–Trinajstić information content (AvgIpc) is 2.92. The van der Waals surface area contributed by atoms with E-state index in [9.17, 15) is 4.79 Å². The number of hydrogen-bond acceptors (Lipinski definition) is 5. The molecular formula is C15H17ClN2O3. The predicted molar refractivity (Wildman–Crippen MR) is 74.8 cm³/mol. The fourth-order valence-corrected chi connectivity index (χ4v) is 4.56. The molecule has 0 radical (unpaired) electrons. The Kier molecular flexibility index (Phi) is 3.25. The molecule has 0 amide bonds. The molecule has 6 heteroatoms. The molecule has 3 saturated carbocycles. The van der Waals surface area contributed by atoms with Gasteiger partial charge in [0.1, 0.15) is 13.2 Å². The van der Waals surface area contributed by atoms with Gasteiger partial charge in [0.2, 0.25) is 5.88 Å². The number of fused-ring (bicyclic) bond motifs is 5. The lowest BCUT2D eigenvalue weighted by molar-refractivity contribution is -0.147. The Balaban J connectivity index is 1.21. The molecule has 2 bridgehead atoms. The van der Waals surface area contributed by atoms with Crippen molar-refractivity contribution >= 4 is 17.6 Å². The lowest BCUT2D eigenvalue weighted by Gasteiger charge is -2.09. The highest BCUT2D eigenvalue weighted by molar-refractivity contribution is 6.29. The molecule has 1 heterocycles. The second-order valence-electron chi connectivity index (χ2n) is 6.21. The monoisotopic (exact) mass is 308 g/mol. The third-order valence-electron chi connectivity index (χ3n) is 5.17. The molecule has 5 atom stereocenters. The summed E-state index contributed by atoms with van der Waals surface area (Å²) >= 11 is 5.71. The van der Waals surface area contributed by atoms with Crippen LogP contribution in [0.3, 0.4) is 0 Å². The highest BCUT2D eigenvalue weighted by atomic mass is 35.5. The molecule has 0 spiro atoms. The predicted octanol–water partition coefficient (Wildman–Crippen LogP) is 2.34. The smallest absolute Gasteiger partial charge is 0.309 e. The van der Waals surface area contributed by atoms with Crippen LogP contribution >= 0.6 is 11.6 Å². The molecule has 5 nitrogen and oxygen atoms in total. The molecule has 0 aliphatic heterocycles. The van der Waals surface area contributed by atoms with Gasteiger partial charge in [0, 0.05) is 0 Å². The van der Waals surface area contributed by atoms with Crippen LogP contribution in [0.15, 0.2) is 12.4 Å². The molecule has 1 aromatic heterocycles. The van der Waals surface area contributed by atoms with Crippen LogP contribution in [0, 0.1) is 29.6 Å². The van der Waals surface area contributed by atoms with Gasteiger partial charge in [-0.15, -0.1) is 0 Å². The first-order valence-corrected chi connectivity index (χ1v) is 7.89. The molecule has 4 rings (SSSR count). The summed E-state index contributed by atoms with van der Waals surface area (Å²) in [5, 5.41) is 0.283. The Morgan fingerprint density at radius 3 is 2.71 bits per heavy atom. The van der Waals surface area contributed by atoms with E-state index >= 15 is 0 Å². The van der Waals surface area contributed by atoms with E-state index in [1.807, 2.05) is 0 Å². The number of carbonyl (C=O) groups is 1. The Bertz CT molecular complexity index is 552. The Morgan fingerprint density at radius 2 is 2.00 bits per heavy atom. The van der Waals surface area contributed by atoms with Crippen LogP contribution in [0.5, 0.6) is 5.88 Å². The van der Waals surface area contributed by atoms with Crippen LogP contribution in [-0.4, -0.2) is 29.2 Å². The van der Waals surface area contributed by atoms with Crippen LogP contribution in [0.25, 0.3) is 0 Å².